The van der Waals surface area contributed by atoms with Gasteiger partial charge in [-0.25, -0.2) is 0 Å². The molecule has 0 spiro atoms. The van der Waals surface area contributed by atoms with Crippen LogP contribution in [0.3, 0.4) is 0 Å². The highest BCUT2D eigenvalue weighted by Crippen LogP contribution is 2.48. The van der Waals surface area contributed by atoms with Gasteiger partial charge in [0.15, 0.2) is 0 Å². The van der Waals surface area contributed by atoms with Gasteiger partial charge in [-0.2, -0.15) is 0 Å². The van der Waals surface area contributed by atoms with Crippen molar-refractivity contribution >= 4 is 5.91 Å². The minimum Gasteiger partial charge on any atom is -0.355 e. The van der Waals surface area contributed by atoms with Crippen molar-refractivity contribution in [3.8, 4) is 0 Å². The van der Waals surface area contributed by atoms with E-state index < -0.39 is 0 Å². The molecular weight excluding hydrogens is 198 g/mol. The van der Waals surface area contributed by atoms with Crippen LogP contribution in [-0.2, 0) is 10.2 Å². The molecule has 0 atom stereocenters. The van der Waals surface area contributed by atoms with E-state index >= 15 is 0 Å². The Morgan fingerprint density at radius 3 is 2.44 bits per heavy atom. The summed E-state index contributed by atoms with van der Waals surface area (Å²) in [6, 6.07) is 8.35. The summed E-state index contributed by atoms with van der Waals surface area (Å²) in [4.78, 5) is 12.1. The number of nitrogens with one attached hydrogen (secondary N) is 1. The molecule has 86 valence electrons. The first kappa shape index (κ1) is 11.2. The van der Waals surface area contributed by atoms with Crippen molar-refractivity contribution in [3.05, 3.63) is 35.4 Å². The second kappa shape index (κ2) is 4.28. The van der Waals surface area contributed by atoms with Crippen LogP contribution in [-0.4, -0.2) is 12.5 Å². The van der Waals surface area contributed by atoms with Gasteiger partial charge in [0.1, 0.15) is 0 Å². The van der Waals surface area contributed by atoms with Crippen LogP contribution in [0, 0.1) is 6.92 Å². The summed E-state index contributed by atoms with van der Waals surface area (Å²) in [6.07, 6.45) is 2.98. The molecule has 2 heteroatoms. The number of aryl methyl sites for hydroxylation is 1. The average molecular weight is 217 g/mol. The summed E-state index contributed by atoms with van der Waals surface area (Å²) in [7, 11) is 0. The summed E-state index contributed by atoms with van der Waals surface area (Å²) < 4.78 is 0. The molecule has 0 aromatic heterocycles. The Balaban J connectivity index is 2.13. The van der Waals surface area contributed by atoms with E-state index in [-0.39, 0.29) is 11.3 Å². The minimum absolute atomic E-state index is 0.205. The maximum Gasteiger partial charge on any atom is 0.230 e. The zero-order chi connectivity index (χ0) is 11.6. The zero-order valence-electron chi connectivity index (χ0n) is 10.0. The molecule has 1 N–H and O–H groups in total. The number of carbonyl (C=O) groups excluding carboxylic acids is 1. The van der Waals surface area contributed by atoms with Crippen LogP contribution in [0.25, 0.3) is 0 Å². The first-order valence-corrected chi connectivity index (χ1v) is 6.04. The number of benzene rings is 1. The lowest BCUT2D eigenvalue weighted by Crippen LogP contribution is -2.35. The fourth-order valence-electron chi connectivity index (χ4n) is 2.05. The van der Waals surface area contributed by atoms with Crippen molar-refractivity contribution in [3.63, 3.8) is 0 Å². The largest absolute Gasteiger partial charge is 0.355 e. The van der Waals surface area contributed by atoms with Crippen LogP contribution >= 0.6 is 0 Å². The lowest BCUT2D eigenvalue weighted by Gasteiger charge is -2.15. The summed E-state index contributed by atoms with van der Waals surface area (Å²) in [6.45, 7) is 4.93. The first-order chi connectivity index (χ1) is 7.69. The predicted octanol–water partition coefficient (Wildman–Crippen LogP) is 2.55. The molecule has 1 aliphatic carbocycles. The van der Waals surface area contributed by atoms with Crippen molar-refractivity contribution in [2.75, 3.05) is 6.54 Å². The van der Waals surface area contributed by atoms with Gasteiger partial charge in [-0.05, 0) is 31.7 Å². The highest BCUT2D eigenvalue weighted by atomic mass is 16.2. The number of hydrogen-bond donors (Lipinski definition) is 1. The van der Waals surface area contributed by atoms with E-state index in [0.717, 1.165) is 25.8 Å². The molecule has 1 fully saturated rings. The van der Waals surface area contributed by atoms with Crippen molar-refractivity contribution in [2.45, 2.75) is 38.5 Å². The number of amides is 1. The molecule has 2 nitrogen and oxygen atoms in total. The van der Waals surface area contributed by atoms with Gasteiger partial charge in [0.05, 0.1) is 5.41 Å². The molecule has 0 heterocycles. The number of carbonyl (C=O) groups is 1. The molecule has 0 bridgehead atoms. The quantitative estimate of drug-likeness (QED) is 0.825. The van der Waals surface area contributed by atoms with Crippen molar-refractivity contribution in [2.24, 2.45) is 0 Å². The fourth-order valence-corrected chi connectivity index (χ4v) is 2.05. The molecule has 1 aromatic carbocycles. The molecule has 1 aliphatic rings. The Kier molecular flexibility index (Phi) is 2.99. The lowest BCUT2D eigenvalue weighted by atomic mass is 9.94. The zero-order valence-corrected chi connectivity index (χ0v) is 10.0. The van der Waals surface area contributed by atoms with Crippen LogP contribution in [0.2, 0.25) is 0 Å². The Morgan fingerprint density at radius 1 is 1.31 bits per heavy atom. The van der Waals surface area contributed by atoms with Gasteiger partial charge in [-0.1, -0.05) is 36.8 Å². The third-order valence-electron chi connectivity index (χ3n) is 3.32. The SMILES string of the molecule is CCCNC(=O)C1(c2ccc(C)cc2)CC1. The number of rotatable bonds is 4. The van der Waals surface area contributed by atoms with E-state index in [1.54, 1.807) is 0 Å². The second-order valence-electron chi connectivity index (χ2n) is 4.70. The van der Waals surface area contributed by atoms with Gasteiger partial charge in [0.25, 0.3) is 0 Å². The smallest absolute Gasteiger partial charge is 0.230 e. The molecule has 0 saturated heterocycles. The van der Waals surface area contributed by atoms with Crippen molar-refractivity contribution < 1.29 is 4.79 Å². The van der Waals surface area contributed by atoms with Crippen LogP contribution < -0.4 is 5.32 Å². The standard InChI is InChI=1S/C14H19NO/c1-3-10-15-13(16)14(8-9-14)12-6-4-11(2)5-7-12/h4-7H,3,8-10H2,1-2H3,(H,15,16). The highest BCUT2D eigenvalue weighted by Gasteiger charge is 2.50. The van der Waals surface area contributed by atoms with E-state index in [1.807, 2.05) is 0 Å². The number of hydrogen-bond acceptors (Lipinski definition) is 1. The molecule has 2 rings (SSSR count). The third-order valence-corrected chi connectivity index (χ3v) is 3.32. The van der Waals surface area contributed by atoms with Crippen LogP contribution in [0.1, 0.15) is 37.3 Å². The minimum atomic E-state index is -0.205. The van der Waals surface area contributed by atoms with Gasteiger partial charge in [0.2, 0.25) is 5.91 Å². The van der Waals surface area contributed by atoms with E-state index in [4.69, 9.17) is 0 Å². The molecule has 1 amide bonds. The van der Waals surface area contributed by atoms with E-state index in [0.29, 0.717) is 0 Å². The highest BCUT2D eigenvalue weighted by molar-refractivity contribution is 5.91. The maximum atomic E-state index is 12.1. The topological polar surface area (TPSA) is 29.1 Å². The second-order valence-corrected chi connectivity index (χ2v) is 4.70. The molecule has 1 aromatic rings. The molecule has 1 saturated carbocycles. The Hall–Kier alpha value is -1.31. The van der Waals surface area contributed by atoms with Gasteiger partial charge in [-0.15, -0.1) is 0 Å². The van der Waals surface area contributed by atoms with Crippen molar-refractivity contribution in [1.82, 2.24) is 5.32 Å². The third kappa shape index (κ3) is 1.97. The van der Waals surface area contributed by atoms with E-state index in [9.17, 15) is 4.79 Å². The van der Waals surface area contributed by atoms with Gasteiger partial charge in [-0.3, -0.25) is 4.79 Å². The average Bonchev–Trinajstić information content (AvgIpc) is 3.08. The van der Waals surface area contributed by atoms with E-state index in [2.05, 4.69) is 43.4 Å². The normalized spacial score (nSPS) is 16.9. The van der Waals surface area contributed by atoms with Crippen LogP contribution in [0.15, 0.2) is 24.3 Å². The molecule has 0 aliphatic heterocycles. The summed E-state index contributed by atoms with van der Waals surface area (Å²) >= 11 is 0. The molecule has 16 heavy (non-hydrogen) atoms. The summed E-state index contributed by atoms with van der Waals surface area (Å²) in [5.41, 5.74) is 2.21. The monoisotopic (exact) mass is 217 g/mol. The lowest BCUT2D eigenvalue weighted by molar-refractivity contribution is -0.123. The fraction of sp³-hybridized carbons (Fsp3) is 0.500. The first-order valence-electron chi connectivity index (χ1n) is 6.04. The molecular formula is C14H19NO. The van der Waals surface area contributed by atoms with Crippen molar-refractivity contribution in [1.29, 1.82) is 0 Å². The van der Waals surface area contributed by atoms with Gasteiger partial charge >= 0.3 is 0 Å². The summed E-state index contributed by atoms with van der Waals surface area (Å²) in [5, 5.41) is 3.01. The Bertz CT molecular complexity index is 376. The molecule has 0 unspecified atom stereocenters. The van der Waals surface area contributed by atoms with E-state index in [1.165, 1.54) is 11.1 Å². The van der Waals surface area contributed by atoms with Crippen LogP contribution in [0.5, 0.6) is 0 Å². The Labute approximate surface area is 97.1 Å². The molecule has 0 radical (unpaired) electrons. The maximum absolute atomic E-state index is 12.1. The van der Waals surface area contributed by atoms with Crippen LogP contribution in [0.4, 0.5) is 0 Å². The van der Waals surface area contributed by atoms with Gasteiger partial charge < -0.3 is 5.32 Å². The van der Waals surface area contributed by atoms with Gasteiger partial charge in [0, 0.05) is 6.54 Å². The predicted molar refractivity (Wildman–Crippen MR) is 65.4 cm³/mol. The summed E-state index contributed by atoms with van der Waals surface area (Å²) in [5.74, 6) is 0.207. The Morgan fingerprint density at radius 2 is 1.94 bits per heavy atom.